The summed E-state index contributed by atoms with van der Waals surface area (Å²) < 4.78 is 2.28. The molecule has 4 rings (SSSR count). The van der Waals surface area contributed by atoms with Crippen LogP contribution in [0.15, 0.2) is 6.33 Å². The van der Waals surface area contributed by atoms with Crippen molar-refractivity contribution in [3.8, 4) is 0 Å². The molecule has 2 aliphatic heterocycles. The van der Waals surface area contributed by atoms with E-state index in [0.29, 0.717) is 6.54 Å². The van der Waals surface area contributed by atoms with Gasteiger partial charge < -0.3 is 19.7 Å². The number of carbonyl (C=O) groups excluding carboxylic acids is 1. The minimum atomic E-state index is -0.0000709. The van der Waals surface area contributed by atoms with E-state index >= 15 is 0 Å². The molecule has 8 heteroatoms. The van der Waals surface area contributed by atoms with Crippen molar-refractivity contribution in [2.45, 2.75) is 71.8 Å². The third-order valence-corrected chi connectivity index (χ3v) is 6.97. The molecule has 176 valence electrons. The first-order valence-corrected chi connectivity index (χ1v) is 12.7. The standard InChI is InChI=1S/C24H39N7O/c1-3-5-13-29(4-2)16-12-25-24(32)19-10-9-14-30(17-19)22-21-23(27-18-26-22)31-15-8-6-7-11-20(31)28-21/h18-19H,3-17H2,1-2H3,(H,25,32)/t19-/m1/s1. The topological polar surface area (TPSA) is 79.2 Å². The molecule has 1 atom stereocenters. The van der Waals surface area contributed by atoms with Gasteiger partial charge in [-0.3, -0.25) is 4.79 Å². The maximum atomic E-state index is 12.9. The van der Waals surface area contributed by atoms with E-state index in [1.54, 1.807) is 6.33 Å². The zero-order chi connectivity index (χ0) is 22.3. The van der Waals surface area contributed by atoms with Crippen LogP contribution in [0, 0.1) is 5.92 Å². The highest BCUT2D eigenvalue weighted by atomic mass is 16.1. The van der Waals surface area contributed by atoms with E-state index < -0.39 is 0 Å². The van der Waals surface area contributed by atoms with E-state index in [0.717, 1.165) is 81.3 Å². The highest BCUT2D eigenvalue weighted by Crippen LogP contribution is 2.29. The van der Waals surface area contributed by atoms with Gasteiger partial charge in [0.15, 0.2) is 17.0 Å². The lowest BCUT2D eigenvalue weighted by Crippen LogP contribution is -2.45. The fourth-order valence-electron chi connectivity index (χ4n) is 5.03. The molecule has 1 N–H and O–H groups in total. The van der Waals surface area contributed by atoms with Crippen molar-refractivity contribution >= 4 is 22.9 Å². The largest absolute Gasteiger partial charge is 0.355 e. The molecule has 0 spiro atoms. The summed E-state index contributed by atoms with van der Waals surface area (Å²) in [5.74, 6) is 2.20. The van der Waals surface area contributed by atoms with Crippen LogP contribution in [0.25, 0.3) is 11.2 Å². The Hall–Kier alpha value is -2.22. The second kappa shape index (κ2) is 11.1. The van der Waals surface area contributed by atoms with Gasteiger partial charge in [0.1, 0.15) is 12.2 Å². The summed E-state index contributed by atoms with van der Waals surface area (Å²) in [4.78, 5) is 31.7. The molecule has 0 aliphatic carbocycles. The Morgan fingerprint density at radius 3 is 2.91 bits per heavy atom. The molecule has 1 fully saturated rings. The second-order valence-corrected chi connectivity index (χ2v) is 9.22. The van der Waals surface area contributed by atoms with Gasteiger partial charge in [0.05, 0.1) is 5.92 Å². The molecule has 32 heavy (non-hydrogen) atoms. The molecule has 0 unspecified atom stereocenters. The molecule has 0 bridgehead atoms. The number of rotatable bonds is 9. The van der Waals surface area contributed by atoms with Gasteiger partial charge in [0.2, 0.25) is 5.91 Å². The Morgan fingerprint density at radius 2 is 2.06 bits per heavy atom. The fraction of sp³-hybridized carbons (Fsp3) is 0.750. The number of imidazole rings is 1. The predicted octanol–water partition coefficient (Wildman–Crippen LogP) is 3.01. The summed E-state index contributed by atoms with van der Waals surface area (Å²) in [6.07, 6.45) is 10.6. The summed E-state index contributed by atoms with van der Waals surface area (Å²) in [5, 5.41) is 3.19. The number of amides is 1. The minimum Gasteiger partial charge on any atom is -0.355 e. The van der Waals surface area contributed by atoms with Crippen molar-refractivity contribution in [1.82, 2.24) is 29.7 Å². The van der Waals surface area contributed by atoms with E-state index in [-0.39, 0.29) is 11.8 Å². The van der Waals surface area contributed by atoms with Crippen LogP contribution in [0.3, 0.4) is 0 Å². The second-order valence-electron chi connectivity index (χ2n) is 9.22. The Kier molecular flexibility index (Phi) is 7.95. The molecule has 1 saturated heterocycles. The first-order valence-electron chi connectivity index (χ1n) is 12.7. The average Bonchev–Trinajstić information content (AvgIpc) is 3.02. The highest BCUT2D eigenvalue weighted by Gasteiger charge is 2.29. The van der Waals surface area contributed by atoms with Crippen molar-refractivity contribution in [1.29, 1.82) is 0 Å². The molecular formula is C24H39N7O. The number of nitrogens with zero attached hydrogens (tertiary/aromatic N) is 6. The quantitative estimate of drug-likeness (QED) is 0.644. The van der Waals surface area contributed by atoms with Crippen molar-refractivity contribution in [2.75, 3.05) is 44.2 Å². The van der Waals surface area contributed by atoms with Crippen molar-refractivity contribution < 1.29 is 4.79 Å². The van der Waals surface area contributed by atoms with Gasteiger partial charge >= 0.3 is 0 Å². The molecule has 0 saturated carbocycles. The van der Waals surface area contributed by atoms with Gasteiger partial charge in [-0.05, 0) is 45.2 Å². The zero-order valence-electron chi connectivity index (χ0n) is 19.9. The third kappa shape index (κ3) is 5.22. The van der Waals surface area contributed by atoms with Crippen molar-refractivity contribution in [2.24, 2.45) is 5.92 Å². The Balaban J connectivity index is 1.40. The Labute approximate surface area is 191 Å². The van der Waals surface area contributed by atoms with E-state index in [2.05, 4.69) is 43.5 Å². The van der Waals surface area contributed by atoms with Crippen LogP contribution in [0.2, 0.25) is 0 Å². The highest BCUT2D eigenvalue weighted by molar-refractivity contribution is 5.85. The van der Waals surface area contributed by atoms with E-state index in [4.69, 9.17) is 4.98 Å². The van der Waals surface area contributed by atoms with Gasteiger partial charge in [-0.2, -0.15) is 0 Å². The number of hydrogen-bond acceptors (Lipinski definition) is 6. The number of fused-ring (bicyclic) bond motifs is 3. The Morgan fingerprint density at radius 1 is 1.16 bits per heavy atom. The van der Waals surface area contributed by atoms with Gasteiger partial charge in [-0.1, -0.05) is 26.7 Å². The van der Waals surface area contributed by atoms with Crippen LogP contribution in [0.1, 0.15) is 64.6 Å². The summed E-state index contributed by atoms with van der Waals surface area (Å²) >= 11 is 0. The molecule has 2 aliphatic rings. The first-order chi connectivity index (χ1) is 15.7. The number of hydrogen-bond donors (Lipinski definition) is 1. The van der Waals surface area contributed by atoms with Crippen molar-refractivity contribution in [3.63, 3.8) is 0 Å². The van der Waals surface area contributed by atoms with E-state index in [1.165, 1.54) is 32.1 Å². The summed E-state index contributed by atoms with van der Waals surface area (Å²) in [7, 11) is 0. The molecule has 4 heterocycles. The average molecular weight is 442 g/mol. The number of unbranched alkanes of at least 4 members (excludes halogenated alkanes) is 1. The lowest BCUT2D eigenvalue weighted by atomic mass is 9.97. The van der Waals surface area contributed by atoms with Crippen LogP contribution in [-0.2, 0) is 17.8 Å². The number of likely N-dealkylation sites (N-methyl/N-ethyl adjacent to an activating group) is 1. The number of carbonyl (C=O) groups is 1. The van der Waals surface area contributed by atoms with E-state index in [9.17, 15) is 4.79 Å². The number of nitrogens with one attached hydrogen (secondary N) is 1. The number of anilines is 1. The lowest BCUT2D eigenvalue weighted by molar-refractivity contribution is -0.125. The third-order valence-electron chi connectivity index (χ3n) is 6.97. The maximum Gasteiger partial charge on any atom is 0.224 e. The first kappa shape index (κ1) is 23.0. The van der Waals surface area contributed by atoms with Crippen LogP contribution in [-0.4, -0.2) is 69.6 Å². The van der Waals surface area contributed by atoms with Crippen LogP contribution >= 0.6 is 0 Å². The summed E-state index contributed by atoms with van der Waals surface area (Å²) in [5.41, 5.74) is 1.85. The molecule has 2 aromatic heterocycles. The molecule has 0 aromatic carbocycles. The van der Waals surface area contributed by atoms with Crippen LogP contribution < -0.4 is 10.2 Å². The molecule has 1 amide bonds. The minimum absolute atomic E-state index is 0.0000709. The maximum absolute atomic E-state index is 12.9. The monoisotopic (exact) mass is 441 g/mol. The van der Waals surface area contributed by atoms with Gasteiger partial charge in [-0.25, -0.2) is 15.0 Å². The molecule has 8 nitrogen and oxygen atoms in total. The molecular weight excluding hydrogens is 402 g/mol. The number of aryl methyl sites for hydroxylation is 2. The Bertz CT molecular complexity index is 896. The van der Waals surface area contributed by atoms with Crippen molar-refractivity contribution in [3.05, 3.63) is 12.2 Å². The van der Waals surface area contributed by atoms with Gasteiger partial charge in [0.25, 0.3) is 0 Å². The normalized spacial score (nSPS) is 19.2. The predicted molar refractivity (Wildman–Crippen MR) is 128 cm³/mol. The lowest BCUT2D eigenvalue weighted by Gasteiger charge is -2.33. The zero-order valence-corrected chi connectivity index (χ0v) is 19.9. The fourth-order valence-corrected chi connectivity index (χ4v) is 5.03. The molecule has 0 radical (unpaired) electrons. The van der Waals surface area contributed by atoms with E-state index in [1.807, 2.05) is 0 Å². The summed E-state index contributed by atoms with van der Waals surface area (Å²) in [6.45, 7) is 10.8. The van der Waals surface area contributed by atoms with Crippen LogP contribution in [0.5, 0.6) is 0 Å². The number of piperidine rings is 1. The van der Waals surface area contributed by atoms with Gasteiger partial charge in [0, 0.05) is 39.1 Å². The smallest absolute Gasteiger partial charge is 0.224 e. The molecule has 2 aromatic rings. The summed E-state index contributed by atoms with van der Waals surface area (Å²) in [6, 6.07) is 0. The number of aromatic nitrogens is 4. The SMILES string of the molecule is CCCCN(CC)CCNC(=O)[C@@H]1CCCN(c2ncnc3c2nc2n3CCCCC2)C1. The van der Waals surface area contributed by atoms with Crippen LogP contribution in [0.4, 0.5) is 5.82 Å². The van der Waals surface area contributed by atoms with Gasteiger partial charge in [-0.15, -0.1) is 0 Å².